The van der Waals surface area contributed by atoms with E-state index in [-0.39, 0.29) is 24.4 Å². The summed E-state index contributed by atoms with van der Waals surface area (Å²) in [6.07, 6.45) is 3.18. The lowest BCUT2D eigenvalue weighted by atomic mass is 10.0. The second-order valence-electron chi connectivity index (χ2n) is 4.97. The molecule has 1 saturated heterocycles. The van der Waals surface area contributed by atoms with Crippen LogP contribution in [0.3, 0.4) is 0 Å². The molecule has 1 aliphatic rings. The van der Waals surface area contributed by atoms with E-state index in [1.807, 2.05) is 19.2 Å². The van der Waals surface area contributed by atoms with Crippen LogP contribution in [0.1, 0.15) is 24.8 Å². The number of hydrogen-bond donors (Lipinski definition) is 1. The van der Waals surface area contributed by atoms with E-state index >= 15 is 0 Å². The highest BCUT2D eigenvalue weighted by atomic mass is 35.5. The number of nitrogens with zero attached hydrogens (tertiary/aromatic N) is 1. The normalized spacial score (nSPS) is 18.2. The van der Waals surface area contributed by atoms with Gasteiger partial charge in [0.1, 0.15) is 0 Å². The van der Waals surface area contributed by atoms with Crippen LogP contribution in [0.15, 0.2) is 18.2 Å². The van der Waals surface area contributed by atoms with Gasteiger partial charge < -0.3 is 10.2 Å². The van der Waals surface area contributed by atoms with Gasteiger partial charge in [-0.2, -0.15) is 0 Å². The smallest absolute Gasteiger partial charge is 0.239 e. The third kappa shape index (κ3) is 4.81. The number of benzene rings is 1. The van der Waals surface area contributed by atoms with Crippen molar-refractivity contribution in [1.29, 1.82) is 0 Å². The Morgan fingerprint density at radius 3 is 2.50 bits per heavy atom. The SMILES string of the molecule is CN(Cc1cc(Cl)cc(Cl)c1)C(=O)C1CCCCN1.Cl. The minimum absolute atomic E-state index is 0. The van der Waals surface area contributed by atoms with Gasteiger partial charge in [0, 0.05) is 23.6 Å². The van der Waals surface area contributed by atoms with E-state index < -0.39 is 0 Å². The van der Waals surface area contributed by atoms with E-state index in [4.69, 9.17) is 23.2 Å². The average Bonchev–Trinajstić information content (AvgIpc) is 2.37. The maximum atomic E-state index is 12.3. The van der Waals surface area contributed by atoms with Gasteiger partial charge in [-0.05, 0) is 43.1 Å². The van der Waals surface area contributed by atoms with Crippen molar-refractivity contribution in [3.05, 3.63) is 33.8 Å². The molecule has 0 aromatic heterocycles. The van der Waals surface area contributed by atoms with Crippen molar-refractivity contribution >= 4 is 41.5 Å². The Balaban J connectivity index is 0.00000200. The molecule has 2 rings (SSSR count). The molecule has 0 radical (unpaired) electrons. The molecule has 6 heteroatoms. The van der Waals surface area contributed by atoms with Gasteiger partial charge in [-0.1, -0.05) is 29.6 Å². The Morgan fingerprint density at radius 2 is 1.95 bits per heavy atom. The zero-order chi connectivity index (χ0) is 13.8. The fourth-order valence-electron chi connectivity index (χ4n) is 2.38. The number of hydrogen-bond acceptors (Lipinski definition) is 2. The molecule has 1 fully saturated rings. The second-order valence-corrected chi connectivity index (χ2v) is 5.85. The van der Waals surface area contributed by atoms with Gasteiger partial charge in [0.15, 0.2) is 0 Å². The van der Waals surface area contributed by atoms with Gasteiger partial charge >= 0.3 is 0 Å². The fraction of sp³-hybridized carbons (Fsp3) is 0.500. The molecule has 3 nitrogen and oxygen atoms in total. The van der Waals surface area contributed by atoms with E-state index in [0.29, 0.717) is 16.6 Å². The molecular weight excluding hydrogens is 319 g/mol. The highest BCUT2D eigenvalue weighted by Gasteiger charge is 2.23. The average molecular weight is 338 g/mol. The van der Waals surface area contributed by atoms with Gasteiger partial charge in [-0.15, -0.1) is 12.4 Å². The highest BCUT2D eigenvalue weighted by Crippen LogP contribution is 2.20. The first-order valence-corrected chi connectivity index (χ1v) is 7.25. The van der Waals surface area contributed by atoms with Crippen LogP contribution in [0.5, 0.6) is 0 Å². The van der Waals surface area contributed by atoms with E-state index in [2.05, 4.69) is 5.32 Å². The molecule has 1 aromatic rings. The van der Waals surface area contributed by atoms with Gasteiger partial charge in [0.25, 0.3) is 0 Å². The molecule has 1 aromatic carbocycles. The molecule has 0 saturated carbocycles. The van der Waals surface area contributed by atoms with Crippen molar-refractivity contribution in [3.63, 3.8) is 0 Å². The van der Waals surface area contributed by atoms with Gasteiger partial charge in [-0.25, -0.2) is 0 Å². The van der Waals surface area contributed by atoms with Crippen LogP contribution in [-0.4, -0.2) is 30.4 Å². The van der Waals surface area contributed by atoms with Crippen molar-refractivity contribution in [3.8, 4) is 0 Å². The number of amides is 1. The van der Waals surface area contributed by atoms with Crippen LogP contribution in [0.25, 0.3) is 0 Å². The van der Waals surface area contributed by atoms with Crippen molar-refractivity contribution in [2.45, 2.75) is 31.8 Å². The summed E-state index contributed by atoms with van der Waals surface area (Å²) < 4.78 is 0. The molecule has 20 heavy (non-hydrogen) atoms. The fourth-order valence-corrected chi connectivity index (χ4v) is 2.95. The van der Waals surface area contributed by atoms with Crippen LogP contribution in [0.4, 0.5) is 0 Å². The monoisotopic (exact) mass is 336 g/mol. The summed E-state index contributed by atoms with van der Waals surface area (Å²) in [5, 5.41) is 4.46. The quantitative estimate of drug-likeness (QED) is 0.915. The molecule has 0 spiro atoms. The molecule has 1 unspecified atom stereocenters. The first-order chi connectivity index (χ1) is 9.06. The Bertz CT molecular complexity index is 441. The summed E-state index contributed by atoms with van der Waals surface area (Å²) in [4.78, 5) is 14.0. The zero-order valence-electron chi connectivity index (χ0n) is 11.4. The van der Waals surface area contributed by atoms with Crippen molar-refractivity contribution in [2.24, 2.45) is 0 Å². The summed E-state index contributed by atoms with van der Waals surface area (Å²) >= 11 is 11.9. The topological polar surface area (TPSA) is 32.3 Å². The summed E-state index contributed by atoms with van der Waals surface area (Å²) in [6.45, 7) is 1.45. The lowest BCUT2D eigenvalue weighted by Crippen LogP contribution is -2.46. The van der Waals surface area contributed by atoms with Crippen LogP contribution in [0.2, 0.25) is 10.0 Å². The van der Waals surface area contributed by atoms with Crippen LogP contribution >= 0.6 is 35.6 Å². The van der Waals surface area contributed by atoms with Gasteiger partial charge in [0.2, 0.25) is 5.91 Å². The zero-order valence-corrected chi connectivity index (χ0v) is 13.7. The lowest BCUT2D eigenvalue weighted by Gasteiger charge is -2.27. The maximum Gasteiger partial charge on any atom is 0.239 e. The number of halogens is 3. The van der Waals surface area contributed by atoms with E-state index in [1.54, 1.807) is 11.0 Å². The Morgan fingerprint density at radius 1 is 1.30 bits per heavy atom. The predicted molar refractivity (Wildman–Crippen MR) is 85.8 cm³/mol. The minimum Gasteiger partial charge on any atom is -0.340 e. The molecule has 1 atom stereocenters. The number of likely N-dealkylation sites (N-methyl/N-ethyl adjacent to an activating group) is 1. The molecule has 1 aliphatic heterocycles. The minimum atomic E-state index is -0.0478. The molecule has 1 N–H and O–H groups in total. The summed E-state index contributed by atoms with van der Waals surface area (Å²) in [5.41, 5.74) is 0.948. The molecular formula is C14H19Cl3N2O. The second kappa shape index (κ2) is 8.08. The van der Waals surface area contributed by atoms with Crippen molar-refractivity contribution in [1.82, 2.24) is 10.2 Å². The number of carbonyl (C=O) groups excluding carboxylic acids is 1. The Hall–Kier alpha value is -0.480. The van der Waals surface area contributed by atoms with Crippen LogP contribution < -0.4 is 5.32 Å². The first-order valence-electron chi connectivity index (χ1n) is 6.49. The molecule has 112 valence electrons. The Labute approximate surface area is 136 Å². The van der Waals surface area contributed by atoms with Crippen molar-refractivity contribution in [2.75, 3.05) is 13.6 Å². The molecule has 0 bridgehead atoms. The van der Waals surface area contributed by atoms with E-state index in [9.17, 15) is 4.79 Å². The third-order valence-electron chi connectivity index (χ3n) is 3.33. The van der Waals surface area contributed by atoms with E-state index in [1.165, 1.54) is 0 Å². The third-order valence-corrected chi connectivity index (χ3v) is 3.76. The first kappa shape index (κ1) is 17.6. The van der Waals surface area contributed by atoms with Gasteiger partial charge in [0.05, 0.1) is 6.04 Å². The van der Waals surface area contributed by atoms with Gasteiger partial charge in [-0.3, -0.25) is 4.79 Å². The summed E-state index contributed by atoms with van der Waals surface area (Å²) in [6, 6.07) is 5.32. The predicted octanol–water partition coefficient (Wildman–Crippen LogP) is 3.52. The standard InChI is InChI=1S/C14H18Cl2N2O.ClH/c1-18(14(19)13-4-2-3-5-17-13)9-10-6-11(15)8-12(16)7-10;/h6-8,13,17H,2-5,9H2,1H3;1H. The Kier molecular flexibility index (Phi) is 7.10. The van der Waals surface area contributed by atoms with Crippen LogP contribution in [-0.2, 0) is 11.3 Å². The summed E-state index contributed by atoms with van der Waals surface area (Å²) in [5.74, 6) is 0.135. The van der Waals surface area contributed by atoms with E-state index in [0.717, 1.165) is 31.4 Å². The molecule has 1 amide bonds. The number of piperidine rings is 1. The largest absolute Gasteiger partial charge is 0.340 e. The number of nitrogens with one attached hydrogen (secondary N) is 1. The molecule has 1 heterocycles. The maximum absolute atomic E-state index is 12.3. The number of carbonyl (C=O) groups is 1. The lowest BCUT2D eigenvalue weighted by molar-refractivity contribution is -0.133. The van der Waals surface area contributed by atoms with Crippen LogP contribution in [0, 0.1) is 0 Å². The highest BCUT2D eigenvalue weighted by molar-refractivity contribution is 6.34. The molecule has 0 aliphatic carbocycles. The summed E-state index contributed by atoms with van der Waals surface area (Å²) in [7, 11) is 1.81. The number of rotatable bonds is 3. The van der Waals surface area contributed by atoms with Crippen molar-refractivity contribution < 1.29 is 4.79 Å².